The molecule has 0 aliphatic carbocycles. The predicted molar refractivity (Wildman–Crippen MR) is 153 cm³/mol. The van der Waals surface area contributed by atoms with Crippen molar-refractivity contribution in [3.05, 3.63) is 125 Å². The van der Waals surface area contributed by atoms with Crippen LogP contribution in [0.4, 0.5) is 0 Å². The quantitative estimate of drug-likeness (QED) is 0.258. The van der Waals surface area contributed by atoms with E-state index in [9.17, 15) is 13.2 Å². The average Bonchev–Trinajstić information content (AvgIpc) is 2.98. The Morgan fingerprint density at radius 2 is 1.31 bits per heavy atom. The van der Waals surface area contributed by atoms with Crippen LogP contribution in [0.25, 0.3) is 38.5 Å². The zero-order valence-corrected chi connectivity index (χ0v) is 22.1. The lowest BCUT2D eigenvalue weighted by atomic mass is 10.0. The fourth-order valence-electron chi connectivity index (χ4n) is 4.88. The maximum atomic E-state index is 13.6. The summed E-state index contributed by atoms with van der Waals surface area (Å²) in [7, 11) is -2.20. The molecule has 6 nitrogen and oxygen atoms in total. The molecule has 0 radical (unpaired) electrons. The topological polar surface area (TPSA) is 78.3 Å². The van der Waals surface area contributed by atoms with Crippen molar-refractivity contribution < 1.29 is 13.2 Å². The molecule has 6 rings (SSSR count). The molecule has 1 aromatic heterocycles. The van der Waals surface area contributed by atoms with Crippen LogP contribution in [0.3, 0.4) is 0 Å². The lowest BCUT2D eigenvalue weighted by Gasteiger charge is -2.13. The van der Waals surface area contributed by atoms with Gasteiger partial charge in [-0.3, -0.25) is 4.79 Å². The van der Waals surface area contributed by atoms with E-state index in [-0.39, 0.29) is 15.4 Å². The van der Waals surface area contributed by atoms with Crippen molar-refractivity contribution in [3.63, 3.8) is 0 Å². The van der Waals surface area contributed by atoms with Crippen molar-refractivity contribution in [2.75, 3.05) is 7.11 Å². The Balaban J connectivity index is 1.47. The van der Waals surface area contributed by atoms with Gasteiger partial charge in [0.25, 0.3) is 5.56 Å². The second-order valence-corrected chi connectivity index (χ2v) is 11.2. The van der Waals surface area contributed by atoms with Crippen molar-refractivity contribution >= 4 is 31.4 Å². The Bertz CT molecular complexity index is 2030. The van der Waals surface area contributed by atoms with Gasteiger partial charge in [0.15, 0.2) is 0 Å². The Morgan fingerprint density at radius 1 is 0.692 bits per heavy atom. The summed E-state index contributed by atoms with van der Waals surface area (Å²) in [6, 6.07) is 32.0. The minimum atomic E-state index is -3.80. The number of fused-ring (bicyclic) bond motifs is 2. The summed E-state index contributed by atoms with van der Waals surface area (Å²) in [5.74, 6) is 0.717. The summed E-state index contributed by atoms with van der Waals surface area (Å²) >= 11 is 0. The van der Waals surface area contributed by atoms with Gasteiger partial charge in [0.2, 0.25) is 9.84 Å². The van der Waals surface area contributed by atoms with Crippen LogP contribution >= 0.6 is 0 Å². The standard InChI is InChI=1S/C32H24N2O4S/c1-21-11-20-30(27-8-4-3-7-26(21)27)39(36,37)25-18-14-23(15-19-25)34-32(35)29-10-6-5-9-28(29)31(33-34)22-12-16-24(38-2)17-13-22/h3-20H,1-2H3. The highest BCUT2D eigenvalue weighted by Crippen LogP contribution is 2.31. The fraction of sp³-hybridized carbons (Fsp3) is 0.0625. The van der Waals surface area contributed by atoms with Crippen molar-refractivity contribution in [3.8, 4) is 22.7 Å². The third-order valence-electron chi connectivity index (χ3n) is 6.95. The first-order chi connectivity index (χ1) is 18.9. The summed E-state index contributed by atoms with van der Waals surface area (Å²) in [6.07, 6.45) is 0. The summed E-state index contributed by atoms with van der Waals surface area (Å²) in [5, 5.41) is 7.53. The second-order valence-electron chi connectivity index (χ2n) is 9.26. The Hall–Kier alpha value is -4.75. The van der Waals surface area contributed by atoms with Gasteiger partial charge in [-0.2, -0.15) is 9.78 Å². The number of rotatable bonds is 5. The zero-order valence-electron chi connectivity index (χ0n) is 21.3. The predicted octanol–water partition coefficient (Wildman–Crippen LogP) is 6.36. The van der Waals surface area contributed by atoms with Crippen LogP contribution in [0.15, 0.2) is 124 Å². The number of hydrogen-bond donors (Lipinski definition) is 0. The molecule has 0 atom stereocenters. The molecule has 6 aromatic rings. The smallest absolute Gasteiger partial charge is 0.279 e. The van der Waals surface area contributed by atoms with E-state index < -0.39 is 9.84 Å². The highest BCUT2D eigenvalue weighted by atomic mass is 32.2. The molecular formula is C32H24N2O4S. The Labute approximate surface area is 225 Å². The molecule has 192 valence electrons. The van der Waals surface area contributed by atoms with E-state index in [0.717, 1.165) is 27.6 Å². The largest absolute Gasteiger partial charge is 0.497 e. The number of sulfone groups is 1. The number of ether oxygens (including phenoxy) is 1. The molecule has 0 spiro atoms. The van der Waals surface area contributed by atoms with Crippen molar-refractivity contribution in [2.24, 2.45) is 0 Å². The molecule has 0 N–H and O–H groups in total. The monoisotopic (exact) mass is 532 g/mol. The van der Waals surface area contributed by atoms with Crippen molar-refractivity contribution in [2.45, 2.75) is 16.7 Å². The molecule has 0 saturated heterocycles. The van der Waals surface area contributed by atoms with E-state index >= 15 is 0 Å². The number of benzene rings is 5. The molecule has 0 saturated carbocycles. The molecule has 39 heavy (non-hydrogen) atoms. The fourth-order valence-corrected chi connectivity index (χ4v) is 6.34. The third-order valence-corrected chi connectivity index (χ3v) is 8.78. The van der Waals surface area contributed by atoms with Crippen molar-refractivity contribution in [1.82, 2.24) is 9.78 Å². The minimum absolute atomic E-state index is 0.143. The summed E-state index contributed by atoms with van der Waals surface area (Å²) < 4.78 is 33.9. The summed E-state index contributed by atoms with van der Waals surface area (Å²) in [6.45, 7) is 1.96. The molecule has 0 amide bonds. The first kappa shape index (κ1) is 24.6. The van der Waals surface area contributed by atoms with E-state index in [4.69, 9.17) is 9.84 Å². The van der Waals surface area contributed by atoms with Gasteiger partial charge in [-0.15, -0.1) is 0 Å². The van der Waals surface area contributed by atoms with Crippen LogP contribution in [0, 0.1) is 6.92 Å². The first-order valence-electron chi connectivity index (χ1n) is 12.4. The normalized spacial score (nSPS) is 11.6. The van der Waals surface area contributed by atoms with Crippen LogP contribution < -0.4 is 10.3 Å². The molecule has 1 heterocycles. The van der Waals surface area contributed by atoms with Gasteiger partial charge in [-0.05, 0) is 78.5 Å². The van der Waals surface area contributed by atoms with Gasteiger partial charge in [0.1, 0.15) is 5.75 Å². The van der Waals surface area contributed by atoms with Crippen molar-refractivity contribution in [1.29, 1.82) is 0 Å². The highest BCUT2D eigenvalue weighted by Gasteiger charge is 2.21. The van der Waals surface area contributed by atoms with Crippen LogP contribution in [0.2, 0.25) is 0 Å². The molecule has 0 fully saturated rings. The summed E-state index contributed by atoms with van der Waals surface area (Å²) in [5.41, 5.74) is 2.65. The maximum Gasteiger partial charge on any atom is 0.279 e. The minimum Gasteiger partial charge on any atom is -0.497 e. The molecule has 7 heteroatoms. The van der Waals surface area contributed by atoms with E-state index in [1.54, 1.807) is 31.4 Å². The molecule has 0 aliphatic heterocycles. The first-order valence-corrected chi connectivity index (χ1v) is 13.9. The van der Waals surface area contributed by atoms with Gasteiger partial charge in [0.05, 0.1) is 33.7 Å². The van der Waals surface area contributed by atoms with E-state index in [1.807, 2.05) is 79.7 Å². The zero-order chi connectivity index (χ0) is 27.1. The SMILES string of the molecule is COc1ccc(-c2nn(-c3ccc(S(=O)(=O)c4ccc(C)c5ccccc45)cc3)c(=O)c3ccccc23)cc1. The van der Waals surface area contributed by atoms with Gasteiger partial charge in [-0.1, -0.05) is 48.5 Å². The number of nitrogens with zero attached hydrogens (tertiary/aromatic N) is 2. The van der Waals surface area contributed by atoms with Crippen LogP contribution in [0.1, 0.15) is 5.56 Å². The number of methoxy groups -OCH3 is 1. The van der Waals surface area contributed by atoms with Gasteiger partial charge >= 0.3 is 0 Å². The maximum absolute atomic E-state index is 13.6. The van der Waals surface area contributed by atoms with Crippen LogP contribution in [0.5, 0.6) is 5.75 Å². The van der Waals surface area contributed by atoms with E-state index in [1.165, 1.54) is 16.8 Å². The third kappa shape index (κ3) is 4.17. The summed E-state index contributed by atoms with van der Waals surface area (Å²) in [4.78, 5) is 13.8. The molecular weight excluding hydrogens is 508 g/mol. The van der Waals surface area contributed by atoms with Crippen LogP contribution in [-0.2, 0) is 9.84 Å². The molecule has 0 unspecified atom stereocenters. The van der Waals surface area contributed by atoms with Gasteiger partial charge < -0.3 is 4.74 Å². The Morgan fingerprint density at radius 3 is 1.97 bits per heavy atom. The lowest BCUT2D eigenvalue weighted by molar-refractivity contribution is 0.415. The number of hydrogen-bond acceptors (Lipinski definition) is 5. The van der Waals surface area contributed by atoms with Crippen LogP contribution in [-0.4, -0.2) is 25.3 Å². The van der Waals surface area contributed by atoms with E-state index in [0.29, 0.717) is 22.2 Å². The van der Waals surface area contributed by atoms with Gasteiger partial charge in [-0.25, -0.2) is 8.42 Å². The molecule has 5 aromatic carbocycles. The molecule has 0 bridgehead atoms. The number of aromatic nitrogens is 2. The number of aryl methyl sites for hydroxylation is 1. The van der Waals surface area contributed by atoms with Gasteiger partial charge in [0, 0.05) is 16.3 Å². The molecule has 0 aliphatic rings. The average molecular weight is 533 g/mol. The van der Waals surface area contributed by atoms with E-state index in [2.05, 4.69) is 0 Å². The highest BCUT2D eigenvalue weighted by molar-refractivity contribution is 7.91. The lowest BCUT2D eigenvalue weighted by Crippen LogP contribution is -2.22. The Kier molecular flexibility index (Phi) is 6.00. The second kappa shape index (κ2) is 9.53.